The number of β-amino-alcohol motifs (C(OH)–C–C–N with tert-alkyl or cyclic N) is 1. The minimum absolute atomic E-state index is 0.227. The molecule has 1 aromatic heterocycles. The largest absolute Gasteiger partial charge is 0.392 e. The van der Waals surface area contributed by atoms with Crippen LogP contribution in [-0.2, 0) is 6.42 Å². The van der Waals surface area contributed by atoms with Gasteiger partial charge in [-0.15, -0.1) is 0 Å². The molecule has 2 heterocycles. The van der Waals surface area contributed by atoms with Gasteiger partial charge in [0, 0.05) is 31.2 Å². The maximum Gasteiger partial charge on any atom is 0.182 e. The highest BCUT2D eigenvalue weighted by Gasteiger charge is 2.20. The van der Waals surface area contributed by atoms with Crippen LogP contribution >= 0.6 is 0 Å². The molecule has 0 radical (unpaired) electrons. The second-order valence-electron chi connectivity index (χ2n) is 5.09. The molecule has 0 bridgehead atoms. The Morgan fingerprint density at radius 1 is 1.37 bits per heavy atom. The average molecular weight is 266 g/mol. The Balaban J connectivity index is 1.76. The van der Waals surface area contributed by atoms with Crippen LogP contribution in [0.25, 0.3) is 10.9 Å². The lowest BCUT2D eigenvalue weighted by Gasteiger charge is -2.14. The Bertz CT molecular complexity index is 596. The Kier molecular flexibility index (Phi) is 3.24. The number of hydrogen-bond acceptors (Lipinski definition) is 2. The smallest absolute Gasteiger partial charge is 0.182 e. The minimum atomic E-state index is -0.830. The number of likely N-dealkylation sites (tertiary alicyclic amines) is 1. The summed E-state index contributed by atoms with van der Waals surface area (Å²) < 4.78 is 26.7. The molecular weight excluding hydrogens is 250 g/mol. The second kappa shape index (κ2) is 4.90. The number of H-pyrrole nitrogens is 1. The van der Waals surface area contributed by atoms with E-state index in [1.807, 2.05) is 0 Å². The van der Waals surface area contributed by atoms with E-state index in [9.17, 15) is 13.9 Å². The zero-order valence-electron chi connectivity index (χ0n) is 10.5. The van der Waals surface area contributed by atoms with Crippen molar-refractivity contribution in [3.63, 3.8) is 0 Å². The summed E-state index contributed by atoms with van der Waals surface area (Å²) in [7, 11) is 0. The average Bonchev–Trinajstić information content (AvgIpc) is 2.98. The Morgan fingerprint density at radius 2 is 2.21 bits per heavy atom. The number of aromatic amines is 1. The standard InChI is InChI=1S/C14H16F2N2O/c15-12-2-1-11-9(7-17-14(11)13(12)16)3-5-18-6-4-10(19)8-18/h1-2,7,10,17,19H,3-6,8H2. The van der Waals surface area contributed by atoms with Gasteiger partial charge in [-0.1, -0.05) is 0 Å². The zero-order valence-corrected chi connectivity index (χ0v) is 10.5. The van der Waals surface area contributed by atoms with E-state index in [1.54, 1.807) is 12.3 Å². The van der Waals surface area contributed by atoms with Crippen molar-refractivity contribution < 1.29 is 13.9 Å². The third kappa shape index (κ3) is 2.35. The molecular formula is C14H16F2N2O. The summed E-state index contributed by atoms with van der Waals surface area (Å²) in [5.41, 5.74) is 1.21. The van der Waals surface area contributed by atoms with Gasteiger partial charge in [-0.05, 0) is 30.5 Å². The normalized spacial score (nSPS) is 20.5. The maximum absolute atomic E-state index is 13.6. The Labute approximate surface area is 109 Å². The van der Waals surface area contributed by atoms with Crippen LogP contribution in [0.2, 0.25) is 0 Å². The van der Waals surface area contributed by atoms with Crippen LogP contribution in [0.1, 0.15) is 12.0 Å². The molecule has 3 rings (SSSR count). The molecule has 1 aliphatic rings. The van der Waals surface area contributed by atoms with Crippen LogP contribution in [0, 0.1) is 11.6 Å². The number of halogens is 2. The molecule has 2 aromatic rings. The van der Waals surface area contributed by atoms with Gasteiger partial charge < -0.3 is 15.0 Å². The first-order valence-electron chi connectivity index (χ1n) is 6.49. The van der Waals surface area contributed by atoms with E-state index < -0.39 is 11.6 Å². The summed E-state index contributed by atoms with van der Waals surface area (Å²) in [6.45, 7) is 2.42. The molecule has 1 aliphatic heterocycles. The summed E-state index contributed by atoms with van der Waals surface area (Å²) in [6.07, 6.45) is 3.08. The third-order valence-electron chi connectivity index (χ3n) is 3.78. The quantitative estimate of drug-likeness (QED) is 0.892. The predicted octanol–water partition coefficient (Wildman–Crippen LogP) is 2.06. The van der Waals surface area contributed by atoms with Crippen LogP contribution < -0.4 is 0 Å². The fraction of sp³-hybridized carbons (Fsp3) is 0.429. The Hall–Kier alpha value is -1.46. The number of fused-ring (bicyclic) bond motifs is 1. The number of nitrogens with zero attached hydrogens (tertiary/aromatic N) is 1. The molecule has 0 amide bonds. The van der Waals surface area contributed by atoms with Crippen molar-refractivity contribution in [1.82, 2.24) is 9.88 Å². The van der Waals surface area contributed by atoms with Crippen LogP contribution in [-0.4, -0.2) is 40.7 Å². The lowest BCUT2D eigenvalue weighted by Crippen LogP contribution is -2.24. The molecule has 1 saturated heterocycles. The summed E-state index contributed by atoms with van der Waals surface area (Å²) >= 11 is 0. The van der Waals surface area contributed by atoms with Gasteiger partial charge in [0.05, 0.1) is 11.6 Å². The first kappa shape index (κ1) is 12.6. The molecule has 1 aromatic carbocycles. The van der Waals surface area contributed by atoms with Crippen molar-refractivity contribution in [2.45, 2.75) is 18.9 Å². The number of rotatable bonds is 3. The van der Waals surface area contributed by atoms with E-state index in [2.05, 4.69) is 9.88 Å². The molecule has 0 aliphatic carbocycles. The molecule has 1 fully saturated rings. The SMILES string of the molecule is OC1CCN(CCc2c[nH]c3c(F)c(F)ccc23)C1. The highest BCUT2D eigenvalue weighted by Crippen LogP contribution is 2.23. The van der Waals surface area contributed by atoms with E-state index in [1.165, 1.54) is 0 Å². The number of hydrogen-bond donors (Lipinski definition) is 2. The van der Waals surface area contributed by atoms with Gasteiger partial charge in [0.2, 0.25) is 0 Å². The van der Waals surface area contributed by atoms with Crippen molar-refractivity contribution in [3.8, 4) is 0 Å². The van der Waals surface area contributed by atoms with E-state index in [4.69, 9.17) is 0 Å². The molecule has 5 heteroatoms. The predicted molar refractivity (Wildman–Crippen MR) is 69.0 cm³/mol. The molecule has 102 valence electrons. The van der Waals surface area contributed by atoms with Crippen molar-refractivity contribution in [1.29, 1.82) is 0 Å². The summed E-state index contributed by atoms with van der Waals surface area (Å²) in [6, 6.07) is 2.77. The lowest BCUT2D eigenvalue weighted by molar-refractivity contribution is 0.177. The van der Waals surface area contributed by atoms with Gasteiger partial charge in [-0.2, -0.15) is 0 Å². The van der Waals surface area contributed by atoms with Crippen LogP contribution in [0.3, 0.4) is 0 Å². The van der Waals surface area contributed by atoms with Gasteiger partial charge in [0.25, 0.3) is 0 Å². The molecule has 2 N–H and O–H groups in total. The fourth-order valence-electron chi connectivity index (χ4n) is 2.70. The second-order valence-corrected chi connectivity index (χ2v) is 5.09. The highest BCUT2D eigenvalue weighted by molar-refractivity contribution is 5.83. The van der Waals surface area contributed by atoms with E-state index in [0.29, 0.717) is 6.54 Å². The molecule has 19 heavy (non-hydrogen) atoms. The van der Waals surface area contributed by atoms with Crippen LogP contribution in [0.15, 0.2) is 18.3 Å². The topological polar surface area (TPSA) is 39.3 Å². The number of aliphatic hydroxyl groups is 1. The zero-order chi connectivity index (χ0) is 13.4. The summed E-state index contributed by atoms with van der Waals surface area (Å²) in [4.78, 5) is 4.98. The number of benzene rings is 1. The molecule has 3 nitrogen and oxygen atoms in total. The minimum Gasteiger partial charge on any atom is -0.392 e. The highest BCUT2D eigenvalue weighted by atomic mass is 19.2. The maximum atomic E-state index is 13.6. The lowest BCUT2D eigenvalue weighted by atomic mass is 10.1. The van der Waals surface area contributed by atoms with Crippen molar-refractivity contribution in [3.05, 3.63) is 35.5 Å². The van der Waals surface area contributed by atoms with E-state index in [-0.39, 0.29) is 11.6 Å². The summed E-state index contributed by atoms with van der Waals surface area (Å²) in [5.74, 6) is -1.65. The van der Waals surface area contributed by atoms with E-state index in [0.717, 1.165) is 42.9 Å². The molecule has 1 unspecified atom stereocenters. The number of aromatic nitrogens is 1. The third-order valence-corrected chi connectivity index (χ3v) is 3.78. The number of nitrogens with one attached hydrogen (secondary N) is 1. The van der Waals surface area contributed by atoms with Crippen molar-refractivity contribution in [2.75, 3.05) is 19.6 Å². The first-order chi connectivity index (χ1) is 9.15. The first-order valence-corrected chi connectivity index (χ1v) is 6.49. The van der Waals surface area contributed by atoms with Crippen molar-refractivity contribution in [2.24, 2.45) is 0 Å². The van der Waals surface area contributed by atoms with Crippen LogP contribution in [0.4, 0.5) is 8.78 Å². The molecule has 1 atom stereocenters. The van der Waals surface area contributed by atoms with Gasteiger partial charge in [-0.3, -0.25) is 0 Å². The van der Waals surface area contributed by atoms with Crippen LogP contribution in [0.5, 0.6) is 0 Å². The van der Waals surface area contributed by atoms with Gasteiger partial charge in [-0.25, -0.2) is 8.78 Å². The summed E-state index contributed by atoms with van der Waals surface area (Å²) in [5, 5.41) is 10.2. The van der Waals surface area contributed by atoms with Gasteiger partial charge in [0.15, 0.2) is 11.6 Å². The fourth-order valence-corrected chi connectivity index (χ4v) is 2.70. The molecule has 0 spiro atoms. The van der Waals surface area contributed by atoms with E-state index >= 15 is 0 Å². The van der Waals surface area contributed by atoms with Gasteiger partial charge >= 0.3 is 0 Å². The van der Waals surface area contributed by atoms with Crippen molar-refractivity contribution >= 4 is 10.9 Å². The monoisotopic (exact) mass is 266 g/mol. The molecule has 0 saturated carbocycles. The number of aliphatic hydroxyl groups excluding tert-OH is 1. The van der Waals surface area contributed by atoms with Gasteiger partial charge in [0.1, 0.15) is 0 Å². The Morgan fingerprint density at radius 3 is 2.95 bits per heavy atom.